The first kappa shape index (κ1) is 19.9. The monoisotopic (exact) mass is 373 g/mol. The fourth-order valence-corrected chi connectivity index (χ4v) is 2.60. The lowest BCUT2D eigenvalue weighted by Crippen LogP contribution is -2.13. The Morgan fingerprint density at radius 3 is 2.46 bits per heavy atom. The fraction of sp³-hybridized carbons (Fsp3) is 0.238. The number of benzene rings is 2. The Balaban J connectivity index is 0.00000243. The summed E-state index contributed by atoms with van der Waals surface area (Å²) in [5, 5.41) is 3.38. The minimum Gasteiger partial charge on any atom is -0.490 e. The minimum absolute atomic E-state index is 0. The average molecular weight is 374 g/mol. The molecule has 3 aromatic rings. The maximum Gasteiger partial charge on any atom is 0.166 e. The number of hydrogen-bond acceptors (Lipinski definition) is 4. The maximum atomic E-state index is 6.11. The second-order valence-electron chi connectivity index (χ2n) is 5.63. The van der Waals surface area contributed by atoms with Gasteiger partial charge in [-0.25, -0.2) is 0 Å². The number of nitrogens with one attached hydrogen (secondary N) is 1. The lowest BCUT2D eigenvalue weighted by atomic mass is 10.1. The molecular weight excluding hydrogens is 350 g/mol. The molecule has 0 unspecified atom stereocenters. The molecule has 1 aromatic heterocycles. The molecule has 0 aliphatic heterocycles. The van der Waals surface area contributed by atoms with E-state index >= 15 is 0 Å². The molecule has 0 spiro atoms. The Hall–Kier alpha value is -2.43. The van der Waals surface area contributed by atoms with Gasteiger partial charge in [0.05, 0.1) is 19.4 Å². The van der Waals surface area contributed by atoms with Gasteiger partial charge in [0.25, 0.3) is 0 Å². The molecule has 0 aliphatic rings. The van der Waals surface area contributed by atoms with E-state index in [9.17, 15) is 0 Å². The summed E-state index contributed by atoms with van der Waals surface area (Å²) in [5.74, 6) is 2.48. The van der Waals surface area contributed by atoms with Crippen molar-refractivity contribution in [1.29, 1.82) is 0 Å². The molecule has 2 aromatic carbocycles. The van der Waals surface area contributed by atoms with Gasteiger partial charge in [0.1, 0.15) is 12.4 Å². The highest BCUT2D eigenvalue weighted by Crippen LogP contribution is 2.32. The summed E-state index contributed by atoms with van der Waals surface area (Å²) in [7, 11) is 0. The predicted octanol–water partition coefficient (Wildman–Crippen LogP) is 4.97. The molecule has 138 valence electrons. The van der Waals surface area contributed by atoms with E-state index in [1.807, 2.05) is 49.4 Å². The number of halogens is 1. The zero-order valence-corrected chi connectivity index (χ0v) is 15.6. The standard InChI is InChI=1S/C21H23NO3.ClH/c1-2-23-20-12-6-10-18(14-22-15-19-11-7-13-24-19)21(20)25-16-17-8-4-3-5-9-17;/h3-13,22H,2,14-16H2,1H3;1H. The predicted molar refractivity (Wildman–Crippen MR) is 105 cm³/mol. The van der Waals surface area contributed by atoms with Gasteiger partial charge in [-0.2, -0.15) is 0 Å². The van der Waals surface area contributed by atoms with Gasteiger partial charge in [-0.3, -0.25) is 0 Å². The number of ether oxygens (including phenoxy) is 2. The second-order valence-corrected chi connectivity index (χ2v) is 5.63. The van der Waals surface area contributed by atoms with Crippen molar-refractivity contribution >= 4 is 12.4 Å². The van der Waals surface area contributed by atoms with E-state index in [2.05, 4.69) is 23.5 Å². The molecule has 0 amide bonds. The molecule has 0 radical (unpaired) electrons. The highest BCUT2D eigenvalue weighted by molar-refractivity contribution is 5.85. The third-order valence-corrected chi connectivity index (χ3v) is 3.78. The second kappa shape index (κ2) is 10.5. The first-order valence-corrected chi connectivity index (χ1v) is 8.51. The van der Waals surface area contributed by atoms with Crippen molar-refractivity contribution < 1.29 is 13.9 Å². The number of para-hydroxylation sites is 1. The summed E-state index contributed by atoms with van der Waals surface area (Å²) in [6.07, 6.45) is 1.68. The Morgan fingerprint density at radius 2 is 1.73 bits per heavy atom. The average Bonchev–Trinajstić information content (AvgIpc) is 3.16. The highest BCUT2D eigenvalue weighted by Gasteiger charge is 2.11. The van der Waals surface area contributed by atoms with Crippen molar-refractivity contribution in [2.75, 3.05) is 6.61 Å². The number of rotatable bonds is 9. The minimum atomic E-state index is 0. The van der Waals surface area contributed by atoms with E-state index in [-0.39, 0.29) is 12.4 Å². The van der Waals surface area contributed by atoms with Crippen molar-refractivity contribution in [3.05, 3.63) is 83.8 Å². The SMILES string of the molecule is CCOc1cccc(CNCc2ccco2)c1OCc1ccccc1.Cl. The van der Waals surface area contributed by atoms with Gasteiger partial charge >= 0.3 is 0 Å². The lowest BCUT2D eigenvalue weighted by molar-refractivity contribution is 0.266. The molecule has 4 nitrogen and oxygen atoms in total. The molecule has 0 fully saturated rings. The van der Waals surface area contributed by atoms with Gasteiger partial charge in [0, 0.05) is 12.1 Å². The van der Waals surface area contributed by atoms with Crippen LogP contribution in [0.25, 0.3) is 0 Å². The van der Waals surface area contributed by atoms with Crippen molar-refractivity contribution in [3.63, 3.8) is 0 Å². The molecule has 5 heteroatoms. The summed E-state index contributed by atoms with van der Waals surface area (Å²) in [4.78, 5) is 0. The van der Waals surface area contributed by atoms with E-state index in [0.29, 0.717) is 26.3 Å². The molecule has 1 heterocycles. The van der Waals surface area contributed by atoms with Crippen LogP contribution in [0.5, 0.6) is 11.5 Å². The van der Waals surface area contributed by atoms with Crippen LogP contribution in [0.2, 0.25) is 0 Å². The van der Waals surface area contributed by atoms with E-state index in [0.717, 1.165) is 28.4 Å². The molecule has 0 atom stereocenters. The number of furan rings is 1. The first-order chi connectivity index (χ1) is 12.4. The third-order valence-electron chi connectivity index (χ3n) is 3.78. The number of hydrogen-bond donors (Lipinski definition) is 1. The van der Waals surface area contributed by atoms with Gasteiger partial charge in [0.2, 0.25) is 0 Å². The Kier molecular flexibility index (Phi) is 8.06. The zero-order valence-electron chi connectivity index (χ0n) is 14.8. The highest BCUT2D eigenvalue weighted by atomic mass is 35.5. The third kappa shape index (κ3) is 5.55. The Bertz CT molecular complexity index is 760. The van der Waals surface area contributed by atoms with Crippen LogP contribution in [0.4, 0.5) is 0 Å². The summed E-state index contributed by atoms with van der Waals surface area (Å²) >= 11 is 0. The normalized spacial score (nSPS) is 10.2. The van der Waals surface area contributed by atoms with E-state index in [1.165, 1.54) is 0 Å². The van der Waals surface area contributed by atoms with Crippen molar-refractivity contribution in [2.45, 2.75) is 26.6 Å². The van der Waals surface area contributed by atoms with Crippen LogP contribution in [0.1, 0.15) is 23.8 Å². The Labute approximate surface area is 160 Å². The Morgan fingerprint density at radius 1 is 0.885 bits per heavy atom. The molecule has 0 aliphatic carbocycles. The molecule has 0 saturated heterocycles. The van der Waals surface area contributed by atoms with Gasteiger partial charge in [-0.1, -0.05) is 42.5 Å². The first-order valence-electron chi connectivity index (χ1n) is 8.51. The van der Waals surface area contributed by atoms with Crippen molar-refractivity contribution in [3.8, 4) is 11.5 Å². The zero-order chi connectivity index (χ0) is 17.3. The molecule has 1 N–H and O–H groups in total. The van der Waals surface area contributed by atoms with Gasteiger partial charge < -0.3 is 19.2 Å². The van der Waals surface area contributed by atoms with Crippen LogP contribution < -0.4 is 14.8 Å². The molecular formula is C21H24ClNO3. The van der Waals surface area contributed by atoms with Crippen molar-refractivity contribution in [2.24, 2.45) is 0 Å². The molecule has 0 bridgehead atoms. The summed E-state index contributed by atoms with van der Waals surface area (Å²) in [5.41, 5.74) is 2.19. The lowest BCUT2D eigenvalue weighted by Gasteiger charge is -2.16. The van der Waals surface area contributed by atoms with E-state index in [4.69, 9.17) is 13.9 Å². The molecule has 3 rings (SSSR count). The quantitative estimate of drug-likeness (QED) is 0.575. The molecule has 26 heavy (non-hydrogen) atoms. The summed E-state index contributed by atoms with van der Waals surface area (Å²) in [6, 6.07) is 20.0. The largest absolute Gasteiger partial charge is 0.490 e. The van der Waals surface area contributed by atoms with E-state index in [1.54, 1.807) is 6.26 Å². The summed E-state index contributed by atoms with van der Waals surface area (Å²) < 4.78 is 17.2. The topological polar surface area (TPSA) is 43.6 Å². The van der Waals surface area contributed by atoms with Crippen LogP contribution in [0, 0.1) is 0 Å². The van der Waals surface area contributed by atoms with Crippen LogP contribution >= 0.6 is 12.4 Å². The van der Waals surface area contributed by atoms with Crippen LogP contribution in [0.15, 0.2) is 71.3 Å². The van der Waals surface area contributed by atoms with Crippen LogP contribution in [-0.4, -0.2) is 6.61 Å². The summed E-state index contributed by atoms with van der Waals surface area (Å²) in [6.45, 7) is 4.43. The van der Waals surface area contributed by atoms with Gasteiger partial charge in [-0.05, 0) is 30.7 Å². The molecule has 0 saturated carbocycles. The van der Waals surface area contributed by atoms with Crippen LogP contribution in [-0.2, 0) is 19.7 Å². The van der Waals surface area contributed by atoms with E-state index < -0.39 is 0 Å². The maximum absolute atomic E-state index is 6.11. The smallest absolute Gasteiger partial charge is 0.166 e. The fourth-order valence-electron chi connectivity index (χ4n) is 2.60. The van der Waals surface area contributed by atoms with Gasteiger partial charge in [-0.15, -0.1) is 12.4 Å². The van der Waals surface area contributed by atoms with Gasteiger partial charge in [0.15, 0.2) is 11.5 Å². The van der Waals surface area contributed by atoms with Crippen molar-refractivity contribution in [1.82, 2.24) is 5.32 Å². The van der Waals surface area contributed by atoms with Crippen LogP contribution in [0.3, 0.4) is 0 Å².